The van der Waals surface area contributed by atoms with Crippen molar-refractivity contribution in [2.24, 2.45) is 0 Å². The lowest BCUT2D eigenvalue weighted by molar-refractivity contribution is 0.0740. The fourth-order valence-electron chi connectivity index (χ4n) is 2.97. The van der Waals surface area contributed by atoms with E-state index in [9.17, 15) is 4.79 Å². The van der Waals surface area contributed by atoms with E-state index in [1.54, 1.807) is 48.0 Å². The standard InChI is InChI=1S/C19H20N8O/c28-17(26-9-11-27(12-10-26)19-22-6-2-7-23-19)16-4-8-21-18(25-16)24-14-15-3-1-5-20-13-15/h1-8,13H,9-12,14H2,(H,21,24,25). The van der Waals surface area contributed by atoms with Gasteiger partial charge in [0.15, 0.2) is 0 Å². The number of nitrogens with zero attached hydrogens (tertiary/aromatic N) is 7. The molecule has 0 bridgehead atoms. The molecule has 3 aromatic heterocycles. The van der Waals surface area contributed by atoms with Crippen LogP contribution in [0.4, 0.5) is 11.9 Å². The summed E-state index contributed by atoms with van der Waals surface area (Å²) in [5, 5.41) is 3.13. The van der Waals surface area contributed by atoms with E-state index in [4.69, 9.17) is 0 Å². The van der Waals surface area contributed by atoms with Crippen molar-refractivity contribution >= 4 is 17.8 Å². The molecule has 9 nitrogen and oxygen atoms in total. The Labute approximate surface area is 162 Å². The second kappa shape index (κ2) is 8.38. The van der Waals surface area contributed by atoms with Gasteiger partial charge in [-0.15, -0.1) is 0 Å². The van der Waals surface area contributed by atoms with E-state index in [1.165, 1.54) is 0 Å². The molecule has 0 radical (unpaired) electrons. The summed E-state index contributed by atoms with van der Waals surface area (Å²) in [7, 11) is 0. The number of pyridine rings is 1. The molecule has 0 spiro atoms. The van der Waals surface area contributed by atoms with Gasteiger partial charge in [0.2, 0.25) is 11.9 Å². The number of amides is 1. The van der Waals surface area contributed by atoms with Crippen molar-refractivity contribution in [3.8, 4) is 0 Å². The fourth-order valence-corrected chi connectivity index (χ4v) is 2.97. The van der Waals surface area contributed by atoms with Gasteiger partial charge in [-0.05, 0) is 23.8 Å². The van der Waals surface area contributed by atoms with Crippen LogP contribution >= 0.6 is 0 Å². The number of anilines is 2. The van der Waals surface area contributed by atoms with Gasteiger partial charge in [0.05, 0.1) is 0 Å². The van der Waals surface area contributed by atoms with Gasteiger partial charge in [-0.1, -0.05) is 6.07 Å². The van der Waals surface area contributed by atoms with Crippen molar-refractivity contribution in [3.63, 3.8) is 0 Å². The molecule has 28 heavy (non-hydrogen) atoms. The molecule has 4 rings (SSSR count). The van der Waals surface area contributed by atoms with Crippen molar-refractivity contribution in [1.82, 2.24) is 29.8 Å². The summed E-state index contributed by atoms with van der Waals surface area (Å²) < 4.78 is 0. The van der Waals surface area contributed by atoms with Crippen LogP contribution in [-0.2, 0) is 6.54 Å². The second-order valence-electron chi connectivity index (χ2n) is 6.31. The predicted molar refractivity (Wildman–Crippen MR) is 104 cm³/mol. The molecular weight excluding hydrogens is 356 g/mol. The van der Waals surface area contributed by atoms with Crippen LogP contribution in [0.25, 0.3) is 0 Å². The maximum atomic E-state index is 12.8. The van der Waals surface area contributed by atoms with Crippen molar-refractivity contribution in [1.29, 1.82) is 0 Å². The Hall–Kier alpha value is -3.62. The van der Waals surface area contributed by atoms with Gasteiger partial charge in [-0.3, -0.25) is 9.78 Å². The van der Waals surface area contributed by atoms with E-state index in [0.29, 0.717) is 50.3 Å². The molecule has 1 aliphatic rings. The largest absolute Gasteiger partial charge is 0.350 e. The Morgan fingerprint density at radius 2 is 1.79 bits per heavy atom. The molecule has 1 saturated heterocycles. The van der Waals surface area contributed by atoms with Crippen LogP contribution in [0, 0.1) is 0 Å². The summed E-state index contributed by atoms with van der Waals surface area (Å²) in [4.78, 5) is 37.9. The van der Waals surface area contributed by atoms with E-state index in [0.717, 1.165) is 5.56 Å². The Kier molecular flexibility index (Phi) is 5.32. The zero-order chi connectivity index (χ0) is 19.2. The molecule has 3 aromatic rings. The molecule has 0 unspecified atom stereocenters. The number of aromatic nitrogens is 5. The van der Waals surface area contributed by atoms with Crippen molar-refractivity contribution in [3.05, 3.63) is 66.5 Å². The Morgan fingerprint density at radius 1 is 0.964 bits per heavy atom. The number of nitrogens with one attached hydrogen (secondary N) is 1. The molecule has 0 aromatic carbocycles. The fraction of sp³-hybridized carbons (Fsp3) is 0.263. The molecular formula is C19H20N8O. The summed E-state index contributed by atoms with van der Waals surface area (Å²) in [6.07, 6.45) is 8.54. The van der Waals surface area contributed by atoms with E-state index in [1.807, 2.05) is 12.1 Å². The molecule has 0 atom stereocenters. The number of piperazine rings is 1. The van der Waals surface area contributed by atoms with Crippen LogP contribution in [0.5, 0.6) is 0 Å². The number of rotatable bonds is 5. The topological polar surface area (TPSA) is 100 Å². The monoisotopic (exact) mass is 376 g/mol. The quantitative estimate of drug-likeness (QED) is 0.710. The highest BCUT2D eigenvalue weighted by atomic mass is 16.2. The van der Waals surface area contributed by atoms with E-state index in [-0.39, 0.29) is 5.91 Å². The average Bonchev–Trinajstić information content (AvgIpc) is 2.79. The minimum absolute atomic E-state index is 0.0968. The van der Waals surface area contributed by atoms with Gasteiger partial charge < -0.3 is 15.1 Å². The lowest BCUT2D eigenvalue weighted by Crippen LogP contribution is -2.49. The van der Waals surface area contributed by atoms with Crippen molar-refractivity contribution in [2.45, 2.75) is 6.54 Å². The normalized spacial score (nSPS) is 14.0. The van der Waals surface area contributed by atoms with Gasteiger partial charge in [0, 0.05) is 63.7 Å². The smallest absolute Gasteiger partial charge is 0.272 e. The lowest BCUT2D eigenvalue weighted by Gasteiger charge is -2.34. The highest BCUT2D eigenvalue weighted by molar-refractivity contribution is 5.92. The first-order valence-electron chi connectivity index (χ1n) is 9.07. The summed E-state index contributed by atoms with van der Waals surface area (Å²) in [6, 6.07) is 7.27. The average molecular weight is 376 g/mol. The van der Waals surface area contributed by atoms with E-state index in [2.05, 4.69) is 35.1 Å². The van der Waals surface area contributed by atoms with Crippen molar-refractivity contribution in [2.75, 3.05) is 36.4 Å². The van der Waals surface area contributed by atoms with Crippen LogP contribution in [0.3, 0.4) is 0 Å². The minimum Gasteiger partial charge on any atom is -0.350 e. The number of carbonyl (C=O) groups excluding carboxylic acids is 1. The highest BCUT2D eigenvalue weighted by Gasteiger charge is 2.24. The molecule has 1 amide bonds. The first-order valence-corrected chi connectivity index (χ1v) is 9.07. The number of carbonyl (C=O) groups is 1. The zero-order valence-corrected chi connectivity index (χ0v) is 15.3. The number of hydrogen-bond donors (Lipinski definition) is 1. The van der Waals surface area contributed by atoms with Crippen LogP contribution in [0.2, 0.25) is 0 Å². The van der Waals surface area contributed by atoms with Crippen LogP contribution in [0.1, 0.15) is 16.1 Å². The Balaban J connectivity index is 1.36. The second-order valence-corrected chi connectivity index (χ2v) is 6.31. The Morgan fingerprint density at radius 3 is 2.54 bits per heavy atom. The van der Waals surface area contributed by atoms with Gasteiger partial charge in [0.1, 0.15) is 5.69 Å². The summed E-state index contributed by atoms with van der Waals surface area (Å²) in [6.45, 7) is 3.11. The minimum atomic E-state index is -0.0968. The van der Waals surface area contributed by atoms with Gasteiger partial charge in [-0.2, -0.15) is 0 Å². The van der Waals surface area contributed by atoms with Gasteiger partial charge >= 0.3 is 0 Å². The summed E-state index contributed by atoms with van der Waals surface area (Å²) in [5.41, 5.74) is 1.40. The van der Waals surface area contributed by atoms with Gasteiger partial charge in [0.25, 0.3) is 5.91 Å². The first kappa shape index (κ1) is 17.8. The maximum Gasteiger partial charge on any atom is 0.272 e. The maximum absolute atomic E-state index is 12.8. The van der Waals surface area contributed by atoms with Crippen LogP contribution in [0.15, 0.2) is 55.2 Å². The SMILES string of the molecule is O=C(c1ccnc(NCc2cccnc2)n1)N1CCN(c2ncccn2)CC1. The molecule has 9 heteroatoms. The molecule has 4 heterocycles. The summed E-state index contributed by atoms with van der Waals surface area (Å²) >= 11 is 0. The third-order valence-electron chi connectivity index (χ3n) is 4.45. The van der Waals surface area contributed by atoms with Crippen LogP contribution < -0.4 is 10.2 Å². The molecule has 1 aliphatic heterocycles. The molecule has 1 fully saturated rings. The first-order chi connectivity index (χ1) is 13.8. The Bertz CT molecular complexity index is 913. The van der Waals surface area contributed by atoms with Gasteiger partial charge in [-0.25, -0.2) is 19.9 Å². The van der Waals surface area contributed by atoms with E-state index < -0.39 is 0 Å². The zero-order valence-electron chi connectivity index (χ0n) is 15.3. The molecule has 1 N–H and O–H groups in total. The van der Waals surface area contributed by atoms with Crippen LogP contribution in [-0.4, -0.2) is 61.9 Å². The summed E-state index contributed by atoms with van der Waals surface area (Å²) in [5.74, 6) is 1.02. The third-order valence-corrected chi connectivity index (χ3v) is 4.45. The molecule has 0 aliphatic carbocycles. The van der Waals surface area contributed by atoms with E-state index >= 15 is 0 Å². The predicted octanol–water partition coefficient (Wildman–Crippen LogP) is 1.24. The highest BCUT2D eigenvalue weighted by Crippen LogP contribution is 2.12. The van der Waals surface area contributed by atoms with Crippen molar-refractivity contribution < 1.29 is 4.79 Å². The lowest BCUT2D eigenvalue weighted by atomic mass is 10.2. The number of hydrogen-bond acceptors (Lipinski definition) is 8. The molecule has 142 valence electrons. The molecule has 0 saturated carbocycles. The third kappa shape index (κ3) is 4.20.